The average Bonchev–Trinajstić information content (AvgIpc) is 3.19. The van der Waals surface area contributed by atoms with Crippen LogP contribution in [-0.4, -0.2) is 40.7 Å². The Balaban J connectivity index is 1.27. The zero-order valence-electron chi connectivity index (χ0n) is 19.4. The molecule has 35 heavy (non-hydrogen) atoms. The van der Waals surface area contributed by atoms with Gasteiger partial charge in [-0.25, -0.2) is 14.6 Å². The summed E-state index contributed by atoms with van der Waals surface area (Å²) in [4.78, 5) is 39.6. The predicted molar refractivity (Wildman–Crippen MR) is 130 cm³/mol. The highest BCUT2D eigenvalue weighted by Gasteiger charge is 2.29. The number of hydrogen-bond donors (Lipinski definition) is 3. The Morgan fingerprint density at radius 2 is 1.66 bits per heavy atom. The summed E-state index contributed by atoms with van der Waals surface area (Å²) in [6.45, 7) is 2.31. The van der Waals surface area contributed by atoms with E-state index in [0.717, 1.165) is 22.3 Å². The van der Waals surface area contributed by atoms with Crippen LogP contribution in [0.15, 0.2) is 66.9 Å². The quantitative estimate of drug-likeness (QED) is 0.431. The number of carboxylic acids is 1. The summed E-state index contributed by atoms with van der Waals surface area (Å²) in [6.07, 6.45) is 1.52. The van der Waals surface area contributed by atoms with Gasteiger partial charge >= 0.3 is 12.1 Å². The van der Waals surface area contributed by atoms with Gasteiger partial charge in [-0.15, -0.1) is 0 Å². The van der Waals surface area contributed by atoms with E-state index in [1.165, 1.54) is 12.3 Å². The SMILES string of the molecule is CC[C@@H](CC(=O)NCc1ccc(C(=O)O)nc1)NC(=O)OCC1c2ccccc2-c2ccccc21. The number of nitrogens with one attached hydrogen (secondary N) is 2. The van der Waals surface area contributed by atoms with Crippen LogP contribution < -0.4 is 10.6 Å². The number of pyridine rings is 1. The lowest BCUT2D eigenvalue weighted by Crippen LogP contribution is -2.39. The summed E-state index contributed by atoms with van der Waals surface area (Å²) in [5.74, 6) is -1.37. The number of carbonyl (C=O) groups is 3. The van der Waals surface area contributed by atoms with Crippen LogP contribution in [0.5, 0.6) is 0 Å². The van der Waals surface area contributed by atoms with Crippen molar-refractivity contribution in [3.63, 3.8) is 0 Å². The van der Waals surface area contributed by atoms with Gasteiger partial charge in [0.05, 0.1) is 0 Å². The van der Waals surface area contributed by atoms with Crippen molar-refractivity contribution < 1.29 is 24.2 Å². The molecule has 0 unspecified atom stereocenters. The molecule has 8 heteroatoms. The molecule has 4 rings (SSSR count). The minimum Gasteiger partial charge on any atom is -0.477 e. The third-order valence-electron chi connectivity index (χ3n) is 6.12. The maximum Gasteiger partial charge on any atom is 0.407 e. The van der Waals surface area contributed by atoms with Crippen molar-refractivity contribution in [1.29, 1.82) is 0 Å². The molecule has 0 saturated heterocycles. The first-order chi connectivity index (χ1) is 17.0. The molecule has 1 heterocycles. The lowest BCUT2D eigenvalue weighted by molar-refractivity contribution is -0.121. The first-order valence-corrected chi connectivity index (χ1v) is 11.5. The second-order valence-corrected chi connectivity index (χ2v) is 8.41. The Hall–Kier alpha value is -4.20. The van der Waals surface area contributed by atoms with Crippen LogP contribution in [0.3, 0.4) is 0 Å². The number of rotatable bonds is 9. The molecule has 180 valence electrons. The van der Waals surface area contributed by atoms with E-state index in [0.29, 0.717) is 12.0 Å². The molecular formula is C27H27N3O5. The molecule has 3 aromatic rings. The molecule has 3 N–H and O–H groups in total. The lowest BCUT2D eigenvalue weighted by Gasteiger charge is -2.19. The number of carbonyl (C=O) groups excluding carboxylic acids is 2. The zero-order chi connectivity index (χ0) is 24.8. The Labute approximate surface area is 203 Å². The highest BCUT2D eigenvalue weighted by Crippen LogP contribution is 2.44. The number of hydrogen-bond acceptors (Lipinski definition) is 5. The van der Waals surface area contributed by atoms with Crippen molar-refractivity contribution >= 4 is 18.0 Å². The van der Waals surface area contributed by atoms with Gasteiger partial charge in [0.1, 0.15) is 12.3 Å². The highest BCUT2D eigenvalue weighted by atomic mass is 16.5. The number of alkyl carbamates (subject to hydrolysis) is 1. The van der Waals surface area contributed by atoms with Crippen LogP contribution in [-0.2, 0) is 16.1 Å². The van der Waals surface area contributed by atoms with Crippen LogP contribution in [0.25, 0.3) is 11.1 Å². The fourth-order valence-corrected chi connectivity index (χ4v) is 4.26. The largest absolute Gasteiger partial charge is 0.477 e. The van der Waals surface area contributed by atoms with Crippen molar-refractivity contribution in [1.82, 2.24) is 15.6 Å². The first kappa shape index (κ1) is 23.9. The Morgan fingerprint density at radius 3 is 2.23 bits per heavy atom. The Bertz CT molecular complexity index is 1180. The van der Waals surface area contributed by atoms with Gasteiger partial charge in [-0.3, -0.25) is 4.79 Å². The molecular weight excluding hydrogens is 446 g/mol. The minimum absolute atomic E-state index is 0.0300. The molecule has 0 bridgehead atoms. The molecule has 2 amide bonds. The number of benzene rings is 2. The van der Waals surface area contributed by atoms with E-state index >= 15 is 0 Å². The molecule has 0 spiro atoms. The van der Waals surface area contributed by atoms with Crippen LogP contribution in [0.1, 0.15) is 52.9 Å². The normalized spacial score (nSPS) is 12.8. The highest BCUT2D eigenvalue weighted by molar-refractivity contribution is 5.85. The molecule has 0 radical (unpaired) electrons. The van der Waals surface area contributed by atoms with Crippen LogP contribution in [0, 0.1) is 0 Å². The zero-order valence-corrected chi connectivity index (χ0v) is 19.4. The maximum absolute atomic E-state index is 12.5. The standard InChI is InChI=1S/C27H27N3O5/c1-2-18(13-25(31)29-15-17-11-12-24(26(32)33)28-14-17)30-27(34)35-16-23-21-9-5-3-7-19(21)20-8-4-6-10-22(20)23/h3-12,14,18,23H,2,13,15-16H2,1H3,(H,29,31)(H,30,34)(H,32,33)/t18-/m0/s1. The van der Waals surface area contributed by atoms with Gasteiger partial charge in [-0.2, -0.15) is 0 Å². The van der Waals surface area contributed by atoms with Gasteiger partial charge in [0.25, 0.3) is 0 Å². The van der Waals surface area contributed by atoms with E-state index in [1.807, 2.05) is 31.2 Å². The molecule has 2 aromatic carbocycles. The second-order valence-electron chi connectivity index (χ2n) is 8.41. The van der Waals surface area contributed by atoms with Crippen molar-refractivity contribution in [2.24, 2.45) is 0 Å². The number of aromatic nitrogens is 1. The molecule has 1 aromatic heterocycles. The third kappa shape index (κ3) is 5.66. The molecule has 0 saturated carbocycles. The van der Waals surface area contributed by atoms with E-state index in [9.17, 15) is 14.4 Å². The molecule has 8 nitrogen and oxygen atoms in total. The number of aromatic carboxylic acids is 1. The van der Waals surface area contributed by atoms with Gasteiger partial charge in [-0.05, 0) is 40.3 Å². The van der Waals surface area contributed by atoms with Crippen LogP contribution in [0.4, 0.5) is 4.79 Å². The Morgan fingerprint density at radius 1 is 1.00 bits per heavy atom. The fourth-order valence-electron chi connectivity index (χ4n) is 4.26. The summed E-state index contributed by atoms with van der Waals surface area (Å²) in [6, 6.07) is 18.9. The summed E-state index contributed by atoms with van der Waals surface area (Å²) in [5, 5.41) is 14.5. The third-order valence-corrected chi connectivity index (χ3v) is 6.12. The number of fused-ring (bicyclic) bond motifs is 3. The van der Waals surface area contributed by atoms with Crippen LogP contribution in [0.2, 0.25) is 0 Å². The van der Waals surface area contributed by atoms with Crippen molar-refractivity contribution in [2.75, 3.05) is 6.61 Å². The summed E-state index contributed by atoms with van der Waals surface area (Å²) in [5.41, 5.74) is 5.22. The minimum atomic E-state index is -1.11. The number of amides is 2. The first-order valence-electron chi connectivity index (χ1n) is 11.5. The molecule has 0 fully saturated rings. The van der Waals surface area contributed by atoms with Crippen molar-refractivity contribution in [3.8, 4) is 11.1 Å². The molecule has 1 aliphatic carbocycles. The van der Waals surface area contributed by atoms with Crippen molar-refractivity contribution in [2.45, 2.75) is 38.3 Å². The van der Waals surface area contributed by atoms with Gasteiger partial charge in [0.15, 0.2) is 0 Å². The number of carboxylic acid groups (broad SMARTS) is 1. The molecule has 0 aliphatic heterocycles. The second kappa shape index (κ2) is 10.8. The number of nitrogens with zero attached hydrogens (tertiary/aromatic N) is 1. The van der Waals surface area contributed by atoms with E-state index in [2.05, 4.69) is 39.9 Å². The summed E-state index contributed by atoms with van der Waals surface area (Å²) < 4.78 is 5.58. The lowest BCUT2D eigenvalue weighted by atomic mass is 9.98. The van der Waals surface area contributed by atoms with Crippen LogP contribution >= 0.6 is 0 Å². The fraction of sp³-hybridized carbons (Fsp3) is 0.259. The maximum atomic E-state index is 12.5. The molecule has 1 atom stereocenters. The molecule has 1 aliphatic rings. The Kier molecular flexibility index (Phi) is 7.40. The monoisotopic (exact) mass is 473 g/mol. The van der Waals surface area contributed by atoms with E-state index in [1.54, 1.807) is 6.07 Å². The smallest absolute Gasteiger partial charge is 0.407 e. The van der Waals surface area contributed by atoms with Gasteiger partial charge < -0.3 is 20.5 Å². The van der Waals surface area contributed by atoms with Gasteiger partial charge in [0.2, 0.25) is 5.91 Å². The number of ether oxygens (including phenoxy) is 1. The summed E-state index contributed by atoms with van der Waals surface area (Å²) in [7, 11) is 0. The predicted octanol–water partition coefficient (Wildman–Crippen LogP) is 4.10. The average molecular weight is 474 g/mol. The summed E-state index contributed by atoms with van der Waals surface area (Å²) >= 11 is 0. The van der Waals surface area contributed by atoms with Gasteiger partial charge in [0, 0.05) is 31.1 Å². The van der Waals surface area contributed by atoms with Crippen molar-refractivity contribution in [3.05, 3.63) is 89.2 Å². The van der Waals surface area contributed by atoms with E-state index < -0.39 is 12.1 Å². The van der Waals surface area contributed by atoms with E-state index in [4.69, 9.17) is 9.84 Å². The van der Waals surface area contributed by atoms with Gasteiger partial charge in [-0.1, -0.05) is 61.5 Å². The topological polar surface area (TPSA) is 118 Å². The van der Waals surface area contributed by atoms with E-state index in [-0.39, 0.29) is 43.1 Å².